The summed E-state index contributed by atoms with van der Waals surface area (Å²) in [6.07, 6.45) is 5.64. The number of imidazole rings is 1. The Balaban J connectivity index is 1.66. The maximum absolute atomic E-state index is 12.4. The van der Waals surface area contributed by atoms with Gasteiger partial charge in [-0.25, -0.2) is 4.98 Å². The van der Waals surface area contributed by atoms with Gasteiger partial charge in [0.25, 0.3) is 0 Å². The largest absolute Gasteiger partial charge is 0.342 e. The third-order valence-electron chi connectivity index (χ3n) is 5.02. The first-order valence-electron chi connectivity index (χ1n) is 8.92. The molecule has 0 bridgehead atoms. The number of nitrogens with zero attached hydrogens (tertiary/aromatic N) is 6. The van der Waals surface area contributed by atoms with Gasteiger partial charge in [-0.2, -0.15) is 0 Å². The minimum atomic E-state index is -0.312. The molecule has 0 aliphatic carbocycles. The Hall–Kier alpha value is -2.18. The minimum absolute atomic E-state index is 0.236. The highest BCUT2D eigenvalue weighted by Crippen LogP contribution is 2.29. The van der Waals surface area contributed by atoms with Crippen molar-refractivity contribution in [1.82, 2.24) is 29.2 Å². The van der Waals surface area contributed by atoms with E-state index in [2.05, 4.69) is 24.3 Å². The predicted octanol–water partition coefficient (Wildman–Crippen LogP) is 2.12. The Labute approximate surface area is 149 Å². The first-order valence-corrected chi connectivity index (χ1v) is 8.92. The summed E-state index contributed by atoms with van der Waals surface area (Å²) in [4.78, 5) is 18.7. The van der Waals surface area contributed by atoms with E-state index in [1.54, 1.807) is 6.20 Å². The first-order chi connectivity index (χ1) is 11.8. The van der Waals surface area contributed by atoms with E-state index in [4.69, 9.17) is 0 Å². The minimum Gasteiger partial charge on any atom is -0.342 e. The summed E-state index contributed by atoms with van der Waals surface area (Å²) >= 11 is 0. The molecule has 1 aliphatic rings. The molecule has 0 saturated carbocycles. The number of hydrogen-bond acceptors (Lipinski definition) is 4. The zero-order valence-electron chi connectivity index (χ0n) is 15.9. The van der Waals surface area contributed by atoms with Crippen LogP contribution >= 0.6 is 0 Å². The van der Waals surface area contributed by atoms with Crippen molar-refractivity contribution in [2.24, 2.45) is 12.5 Å². The smallest absolute Gasteiger partial charge is 0.227 e. The number of carbonyl (C=O) groups is 1. The molecule has 136 valence electrons. The summed E-state index contributed by atoms with van der Waals surface area (Å²) < 4.78 is 4.17. The normalized spacial score (nSPS) is 16.4. The van der Waals surface area contributed by atoms with E-state index in [0.717, 1.165) is 43.4 Å². The molecular weight excluding hydrogens is 316 g/mol. The number of piperidine rings is 1. The molecule has 25 heavy (non-hydrogen) atoms. The van der Waals surface area contributed by atoms with E-state index in [-0.39, 0.29) is 11.3 Å². The van der Waals surface area contributed by atoms with Crippen LogP contribution in [0.2, 0.25) is 0 Å². The Kier molecular flexibility index (Phi) is 4.67. The summed E-state index contributed by atoms with van der Waals surface area (Å²) in [6, 6.07) is 0. The van der Waals surface area contributed by atoms with Crippen molar-refractivity contribution < 1.29 is 4.79 Å². The molecule has 1 aliphatic heterocycles. The van der Waals surface area contributed by atoms with E-state index < -0.39 is 0 Å². The number of hydrogen-bond donors (Lipinski definition) is 0. The van der Waals surface area contributed by atoms with Gasteiger partial charge in [0.15, 0.2) is 5.82 Å². The van der Waals surface area contributed by atoms with Gasteiger partial charge in [0.05, 0.1) is 6.54 Å². The van der Waals surface area contributed by atoms with Crippen LogP contribution in [-0.2, 0) is 18.4 Å². The molecule has 0 unspecified atom stereocenters. The second-order valence-electron chi connectivity index (χ2n) is 7.95. The Morgan fingerprint density at radius 2 is 1.92 bits per heavy atom. The van der Waals surface area contributed by atoms with Crippen LogP contribution in [0.4, 0.5) is 0 Å². The summed E-state index contributed by atoms with van der Waals surface area (Å²) in [5, 5.41) is 8.83. The first kappa shape index (κ1) is 17.6. The van der Waals surface area contributed by atoms with Crippen molar-refractivity contribution in [2.45, 2.75) is 53.0 Å². The lowest BCUT2D eigenvalue weighted by Gasteiger charge is -2.35. The molecule has 1 amide bonds. The van der Waals surface area contributed by atoms with Crippen LogP contribution in [0.3, 0.4) is 0 Å². The van der Waals surface area contributed by atoms with Crippen LogP contribution in [0.25, 0.3) is 0 Å². The summed E-state index contributed by atoms with van der Waals surface area (Å²) in [6.45, 7) is 10.2. The van der Waals surface area contributed by atoms with E-state index in [1.165, 1.54) is 0 Å². The summed E-state index contributed by atoms with van der Waals surface area (Å²) in [7, 11) is 2.03. The van der Waals surface area contributed by atoms with E-state index in [9.17, 15) is 4.79 Å². The lowest BCUT2D eigenvalue weighted by atomic mass is 9.90. The molecule has 2 aromatic rings. The average molecular weight is 344 g/mol. The third kappa shape index (κ3) is 3.60. The standard InChI is InChI=1S/C18H28N6O/c1-13-19-8-11-24(13)12-15-20-21-16(22(15)5)14-6-9-23(10-7-14)17(25)18(2,3)4/h8,11,14H,6-7,9-10,12H2,1-5H3. The molecule has 7 heteroatoms. The van der Waals surface area contributed by atoms with E-state index in [0.29, 0.717) is 12.5 Å². The lowest BCUT2D eigenvalue weighted by Crippen LogP contribution is -2.44. The number of likely N-dealkylation sites (tertiary alicyclic amines) is 1. The van der Waals surface area contributed by atoms with Crippen molar-refractivity contribution >= 4 is 5.91 Å². The highest BCUT2D eigenvalue weighted by molar-refractivity contribution is 5.81. The molecule has 0 radical (unpaired) electrons. The Morgan fingerprint density at radius 1 is 1.24 bits per heavy atom. The number of aryl methyl sites for hydroxylation is 1. The molecule has 0 atom stereocenters. The predicted molar refractivity (Wildman–Crippen MR) is 95.1 cm³/mol. The van der Waals surface area contributed by atoms with Gasteiger partial charge in [-0.1, -0.05) is 20.8 Å². The van der Waals surface area contributed by atoms with Gasteiger partial charge in [0.2, 0.25) is 5.91 Å². The second kappa shape index (κ2) is 6.61. The highest BCUT2D eigenvalue weighted by Gasteiger charge is 2.32. The highest BCUT2D eigenvalue weighted by atomic mass is 16.2. The van der Waals surface area contributed by atoms with Gasteiger partial charge >= 0.3 is 0 Å². The van der Waals surface area contributed by atoms with Crippen LogP contribution in [0.5, 0.6) is 0 Å². The van der Waals surface area contributed by atoms with Crippen molar-refractivity contribution in [1.29, 1.82) is 0 Å². The SMILES string of the molecule is Cc1nccn1Cc1nnc(C2CCN(C(=O)C(C)(C)C)CC2)n1C. The van der Waals surface area contributed by atoms with Crippen molar-refractivity contribution in [3.05, 3.63) is 29.9 Å². The van der Waals surface area contributed by atoms with Gasteiger partial charge in [-0.05, 0) is 19.8 Å². The molecule has 0 spiro atoms. The van der Waals surface area contributed by atoms with Gasteiger partial charge in [0, 0.05) is 43.9 Å². The fourth-order valence-electron chi connectivity index (χ4n) is 3.41. The van der Waals surface area contributed by atoms with E-state index in [1.807, 2.05) is 45.8 Å². The van der Waals surface area contributed by atoms with Crippen LogP contribution in [0.1, 0.15) is 57.0 Å². The topological polar surface area (TPSA) is 68.8 Å². The Morgan fingerprint density at radius 3 is 2.48 bits per heavy atom. The molecule has 1 saturated heterocycles. The van der Waals surface area contributed by atoms with Crippen molar-refractivity contribution in [3.8, 4) is 0 Å². The van der Waals surface area contributed by atoms with Crippen molar-refractivity contribution in [3.63, 3.8) is 0 Å². The van der Waals surface area contributed by atoms with Gasteiger partial charge in [-0.3, -0.25) is 4.79 Å². The molecular formula is C18H28N6O. The molecule has 2 aromatic heterocycles. The van der Waals surface area contributed by atoms with Gasteiger partial charge in [0.1, 0.15) is 11.6 Å². The van der Waals surface area contributed by atoms with Gasteiger partial charge in [-0.15, -0.1) is 10.2 Å². The molecule has 1 fully saturated rings. The Bertz CT molecular complexity index is 746. The quantitative estimate of drug-likeness (QED) is 0.855. The third-order valence-corrected chi connectivity index (χ3v) is 5.02. The molecule has 3 heterocycles. The fourth-order valence-corrected chi connectivity index (χ4v) is 3.41. The summed E-state index contributed by atoms with van der Waals surface area (Å²) in [5.41, 5.74) is -0.312. The maximum atomic E-state index is 12.4. The maximum Gasteiger partial charge on any atom is 0.227 e. The van der Waals surface area contributed by atoms with Gasteiger partial charge < -0.3 is 14.0 Å². The molecule has 3 rings (SSSR count). The lowest BCUT2D eigenvalue weighted by molar-refractivity contribution is -0.140. The summed E-state index contributed by atoms with van der Waals surface area (Å²) in [5.74, 6) is 3.53. The monoisotopic (exact) mass is 344 g/mol. The number of amides is 1. The zero-order valence-corrected chi connectivity index (χ0v) is 15.9. The average Bonchev–Trinajstić information content (AvgIpc) is 3.13. The van der Waals surface area contributed by atoms with Crippen LogP contribution in [0, 0.1) is 12.3 Å². The number of carbonyl (C=O) groups excluding carboxylic acids is 1. The second-order valence-corrected chi connectivity index (χ2v) is 7.95. The van der Waals surface area contributed by atoms with Crippen LogP contribution in [-0.4, -0.2) is 48.2 Å². The molecule has 0 N–H and O–H groups in total. The zero-order chi connectivity index (χ0) is 18.2. The number of aromatic nitrogens is 5. The molecule has 0 aromatic carbocycles. The van der Waals surface area contributed by atoms with Crippen LogP contribution in [0.15, 0.2) is 12.4 Å². The van der Waals surface area contributed by atoms with Crippen LogP contribution < -0.4 is 0 Å². The van der Waals surface area contributed by atoms with Crippen molar-refractivity contribution in [2.75, 3.05) is 13.1 Å². The molecule has 7 nitrogen and oxygen atoms in total. The number of rotatable bonds is 3. The van der Waals surface area contributed by atoms with E-state index >= 15 is 0 Å². The fraction of sp³-hybridized carbons (Fsp3) is 0.667.